The third kappa shape index (κ3) is 3.76. The van der Waals surface area contributed by atoms with Crippen molar-refractivity contribution in [2.75, 3.05) is 18.0 Å². The summed E-state index contributed by atoms with van der Waals surface area (Å²) in [5.74, 6) is 1.18. The molecule has 1 unspecified atom stereocenters. The molecule has 0 saturated heterocycles. The number of halogens is 1. The van der Waals surface area contributed by atoms with Crippen molar-refractivity contribution in [2.45, 2.75) is 26.4 Å². The van der Waals surface area contributed by atoms with Gasteiger partial charge in [0.25, 0.3) is 0 Å². The molecule has 3 nitrogen and oxygen atoms in total. The molecular formula is C19H22FNO2. The number of phenolic OH excluding ortho intramolecular Hbond substituents is 1. The molecule has 1 heterocycles. The highest BCUT2D eigenvalue weighted by atomic mass is 19.1. The maximum atomic E-state index is 13.4. The topological polar surface area (TPSA) is 32.7 Å². The van der Waals surface area contributed by atoms with Crippen LogP contribution in [0.2, 0.25) is 0 Å². The van der Waals surface area contributed by atoms with E-state index in [1.165, 1.54) is 6.07 Å². The predicted molar refractivity (Wildman–Crippen MR) is 89.7 cm³/mol. The van der Waals surface area contributed by atoms with Crippen molar-refractivity contribution in [3.05, 3.63) is 53.8 Å². The van der Waals surface area contributed by atoms with Crippen molar-refractivity contribution in [2.24, 2.45) is 5.92 Å². The smallest absolute Gasteiger partial charge is 0.146 e. The summed E-state index contributed by atoms with van der Waals surface area (Å²) in [5, 5.41) is 9.72. The summed E-state index contributed by atoms with van der Waals surface area (Å²) in [6, 6.07) is 11.9. The third-order valence-corrected chi connectivity index (χ3v) is 3.94. The Morgan fingerprint density at radius 2 is 2.09 bits per heavy atom. The van der Waals surface area contributed by atoms with E-state index in [1.54, 1.807) is 24.3 Å². The second-order valence-electron chi connectivity index (χ2n) is 6.52. The number of hydrogen-bond acceptors (Lipinski definition) is 3. The van der Waals surface area contributed by atoms with Crippen molar-refractivity contribution in [3.8, 4) is 11.5 Å². The van der Waals surface area contributed by atoms with E-state index in [9.17, 15) is 9.50 Å². The number of anilines is 1. The number of benzene rings is 2. The molecule has 0 amide bonds. The Morgan fingerprint density at radius 1 is 1.26 bits per heavy atom. The minimum atomic E-state index is -0.226. The van der Waals surface area contributed by atoms with Gasteiger partial charge in [-0.2, -0.15) is 0 Å². The third-order valence-electron chi connectivity index (χ3n) is 3.94. The van der Waals surface area contributed by atoms with Crippen LogP contribution in [0.4, 0.5) is 10.1 Å². The number of nitrogens with zero attached hydrogens (tertiary/aromatic N) is 1. The summed E-state index contributed by atoms with van der Waals surface area (Å²) in [7, 11) is 0. The first kappa shape index (κ1) is 15.7. The van der Waals surface area contributed by atoms with Gasteiger partial charge in [-0.15, -0.1) is 0 Å². The van der Waals surface area contributed by atoms with Crippen LogP contribution in [0.15, 0.2) is 42.5 Å². The van der Waals surface area contributed by atoms with Crippen molar-refractivity contribution < 1.29 is 14.2 Å². The molecule has 0 fully saturated rings. The van der Waals surface area contributed by atoms with Crippen molar-refractivity contribution in [1.82, 2.24) is 0 Å². The van der Waals surface area contributed by atoms with E-state index in [4.69, 9.17) is 4.74 Å². The Bertz CT molecular complexity index is 687. The molecule has 3 rings (SSSR count). The highest BCUT2D eigenvalue weighted by Crippen LogP contribution is 2.37. The summed E-state index contributed by atoms with van der Waals surface area (Å²) in [6.07, 6.45) is 0.575. The summed E-state index contributed by atoms with van der Waals surface area (Å²) in [5.41, 5.74) is 1.93. The van der Waals surface area contributed by atoms with Gasteiger partial charge in [-0.3, -0.25) is 0 Å². The Morgan fingerprint density at radius 3 is 2.83 bits per heavy atom. The lowest BCUT2D eigenvalue weighted by Crippen LogP contribution is -2.42. The molecule has 23 heavy (non-hydrogen) atoms. The minimum Gasteiger partial charge on any atom is -0.508 e. The largest absolute Gasteiger partial charge is 0.508 e. The first-order chi connectivity index (χ1) is 11.0. The van der Waals surface area contributed by atoms with E-state index in [0.29, 0.717) is 18.1 Å². The Hall–Kier alpha value is -2.23. The van der Waals surface area contributed by atoms with Gasteiger partial charge in [0, 0.05) is 19.0 Å². The lowest BCUT2D eigenvalue weighted by molar-refractivity contribution is 0.191. The molecule has 1 aliphatic rings. The molecule has 0 aliphatic carbocycles. The molecular weight excluding hydrogens is 293 g/mol. The monoisotopic (exact) mass is 315 g/mol. The molecule has 4 heteroatoms. The first-order valence-electron chi connectivity index (χ1n) is 8.00. The van der Waals surface area contributed by atoms with E-state index < -0.39 is 0 Å². The second-order valence-corrected chi connectivity index (χ2v) is 6.52. The van der Waals surface area contributed by atoms with Gasteiger partial charge in [0.1, 0.15) is 23.4 Å². The van der Waals surface area contributed by atoms with E-state index in [-0.39, 0.29) is 17.7 Å². The minimum absolute atomic E-state index is 0.0650. The Balaban J connectivity index is 1.83. The standard InChI is InChI=1S/C19H22FNO2/c1-13(2)11-21-12-17(9-14-4-3-5-15(20)8-14)23-19-10-16(22)6-7-18(19)21/h3-8,10,13,17,22H,9,11-12H2,1-2H3. The fourth-order valence-electron chi connectivity index (χ4n) is 3.07. The fourth-order valence-corrected chi connectivity index (χ4v) is 3.07. The first-order valence-corrected chi connectivity index (χ1v) is 8.00. The average Bonchev–Trinajstić information content (AvgIpc) is 2.46. The maximum Gasteiger partial charge on any atom is 0.146 e. The van der Waals surface area contributed by atoms with Crippen LogP contribution in [-0.4, -0.2) is 24.3 Å². The van der Waals surface area contributed by atoms with Crippen LogP contribution < -0.4 is 9.64 Å². The van der Waals surface area contributed by atoms with Gasteiger partial charge in [-0.05, 0) is 35.7 Å². The van der Waals surface area contributed by atoms with Gasteiger partial charge in [0.05, 0.1) is 12.2 Å². The SMILES string of the molecule is CC(C)CN1CC(Cc2cccc(F)c2)Oc2cc(O)ccc21. The normalized spacial score (nSPS) is 17.0. The lowest BCUT2D eigenvalue weighted by Gasteiger charge is -2.37. The highest BCUT2D eigenvalue weighted by molar-refractivity contribution is 5.62. The number of hydrogen-bond donors (Lipinski definition) is 1. The van der Waals surface area contributed by atoms with E-state index in [0.717, 1.165) is 24.3 Å². The highest BCUT2D eigenvalue weighted by Gasteiger charge is 2.26. The van der Waals surface area contributed by atoms with Gasteiger partial charge in [0.15, 0.2) is 0 Å². The Kier molecular flexibility index (Phi) is 4.42. The quantitative estimate of drug-likeness (QED) is 0.926. The van der Waals surface area contributed by atoms with Crippen molar-refractivity contribution in [3.63, 3.8) is 0 Å². The van der Waals surface area contributed by atoms with Crippen LogP contribution in [0.5, 0.6) is 11.5 Å². The summed E-state index contributed by atoms with van der Waals surface area (Å²) >= 11 is 0. The molecule has 2 aromatic rings. The van der Waals surface area contributed by atoms with Crippen LogP contribution >= 0.6 is 0 Å². The van der Waals surface area contributed by atoms with Gasteiger partial charge >= 0.3 is 0 Å². The average molecular weight is 315 g/mol. The summed E-state index contributed by atoms with van der Waals surface area (Å²) in [4.78, 5) is 2.28. The number of ether oxygens (including phenoxy) is 1. The van der Waals surface area contributed by atoms with E-state index in [1.807, 2.05) is 12.1 Å². The van der Waals surface area contributed by atoms with Gasteiger partial charge < -0.3 is 14.7 Å². The van der Waals surface area contributed by atoms with Crippen molar-refractivity contribution in [1.29, 1.82) is 0 Å². The predicted octanol–water partition coefficient (Wildman–Crippen LogP) is 4.00. The van der Waals surface area contributed by atoms with Crippen LogP contribution in [0, 0.1) is 11.7 Å². The molecule has 1 aliphatic heterocycles. The van der Waals surface area contributed by atoms with Gasteiger partial charge in [-0.25, -0.2) is 4.39 Å². The lowest BCUT2D eigenvalue weighted by atomic mass is 10.0. The zero-order valence-corrected chi connectivity index (χ0v) is 13.5. The van der Waals surface area contributed by atoms with Crippen molar-refractivity contribution >= 4 is 5.69 Å². The Labute approximate surface area is 136 Å². The molecule has 1 atom stereocenters. The maximum absolute atomic E-state index is 13.4. The molecule has 122 valence electrons. The number of fused-ring (bicyclic) bond motifs is 1. The number of rotatable bonds is 4. The zero-order valence-electron chi connectivity index (χ0n) is 13.5. The molecule has 0 spiro atoms. The summed E-state index contributed by atoms with van der Waals surface area (Å²) in [6.45, 7) is 6.03. The second kappa shape index (κ2) is 6.49. The molecule has 0 aromatic heterocycles. The summed E-state index contributed by atoms with van der Waals surface area (Å²) < 4.78 is 19.4. The molecule has 0 saturated carbocycles. The van der Waals surface area contributed by atoms with Crippen LogP contribution in [0.25, 0.3) is 0 Å². The van der Waals surface area contributed by atoms with Gasteiger partial charge in [0.2, 0.25) is 0 Å². The number of aromatic hydroxyl groups is 1. The fraction of sp³-hybridized carbons (Fsp3) is 0.368. The molecule has 0 radical (unpaired) electrons. The molecule has 2 aromatic carbocycles. The number of phenols is 1. The molecule has 1 N–H and O–H groups in total. The molecule has 0 bridgehead atoms. The van der Waals surface area contributed by atoms with Crippen LogP contribution in [0.3, 0.4) is 0 Å². The zero-order chi connectivity index (χ0) is 16.4. The van der Waals surface area contributed by atoms with E-state index in [2.05, 4.69) is 18.7 Å². The van der Waals surface area contributed by atoms with Crippen LogP contribution in [-0.2, 0) is 6.42 Å². The van der Waals surface area contributed by atoms with Crippen LogP contribution in [0.1, 0.15) is 19.4 Å². The van der Waals surface area contributed by atoms with Gasteiger partial charge in [-0.1, -0.05) is 26.0 Å². The van der Waals surface area contributed by atoms with E-state index >= 15 is 0 Å².